The fourth-order valence-electron chi connectivity index (χ4n) is 3.58. The van der Waals surface area contributed by atoms with Crippen LogP contribution in [-0.2, 0) is 0 Å². The number of carbonyl (C=O) groups excluding carboxylic acids is 1. The highest BCUT2D eigenvalue weighted by atomic mass is 79.9. The van der Waals surface area contributed by atoms with Gasteiger partial charge >= 0.3 is 0 Å². The van der Waals surface area contributed by atoms with Gasteiger partial charge in [-0.3, -0.25) is 4.79 Å². The van der Waals surface area contributed by atoms with Crippen LogP contribution in [0.5, 0.6) is 5.75 Å². The standard InChI is InChI=1S/C21H14BrFN2O2S/c22-13-5-8-18-15(10-13)17-11-16(19-2-1-9-28-19)24-25(17)21(27-18)20(26)12-3-6-14(23)7-4-12/h1-10,17,21H,11H2/t17-,21+/m0/s1. The Bertz CT molecular complexity index is 1080. The molecule has 140 valence electrons. The first-order valence-corrected chi connectivity index (χ1v) is 10.4. The molecule has 4 nitrogen and oxygen atoms in total. The van der Waals surface area contributed by atoms with Gasteiger partial charge in [0.2, 0.25) is 5.78 Å². The van der Waals surface area contributed by atoms with E-state index in [-0.39, 0.29) is 17.6 Å². The molecule has 1 aromatic heterocycles. The smallest absolute Gasteiger partial charge is 0.251 e. The number of nitrogens with zero attached hydrogens (tertiary/aromatic N) is 2. The van der Waals surface area contributed by atoms with Crippen molar-refractivity contribution in [2.45, 2.75) is 18.7 Å². The van der Waals surface area contributed by atoms with E-state index in [0.29, 0.717) is 17.7 Å². The van der Waals surface area contributed by atoms with E-state index < -0.39 is 6.23 Å². The number of Topliss-reactive ketones (excluding diaryl/α,β-unsaturated/α-hetero) is 1. The lowest BCUT2D eigenvalue weighted by atomic mass is 9.97. The summed E-state index contributed by atoms with van der Waals surface area (Å²) < 4.78 is 20.3. The van der Waals surface area contributed by atoms with E-state index >= 15 is 0 Å². The number of ketones is 1. The maximum atomic E-state index is 13.3. The highest BCUT2D eigenvalue weighted by Gasteiger charge is 2.43. The lowest BCUT2D eigenvalue weighted by Crippen LogP contribution is -2.45. The van der Waals surface area contributed by atoms with Crippen molar-refractivity contribution < 1.29 is 13.9 Å². The molecule has 0 saturated carbocycles. The van der Waals surface area contributed by atoms with Gasteiger partial charge in [-0.25, -0.2) is 9.40 Å². The van der Waals surface area contributed by atoms with Crippen LogP contribution in [0.4, 0.5) is 4.39 Å². The predicted molar refractivity (Wildman–Crippen MR) is 109 cm³/mol. The van der Waals surface area contributed by atoms with E-state index in [0.717, 1.165) is 20.6 Å². The second-order valence-electron chi connectivity index (χ2n) is 6.65. The maximum absolute atomic E-state index is 13.3. The summed E-state index contributed by atoms with van der Waals surface area (Å²) in [6, 6.07) is 15.2. The van der Waals surface area contributed by atoms with Gasteiger partial charge in [0, 0.05) is 22.0 Å². The van der Waals surface area contributed by atoms with Gasteiger partial charge in [0.25, 0.3) is 6.23 Å². The van der Waals surface area contributed by atoms with Crippen LogP contribution < -0.4 is 4.74 Å². The molecule has 2 aromatic carbocycles. The minimum absolute atomic E-state index is 0.0900. The molecule has 0 N–H and O–H groups in total. The van der Waals surface area contributed by atoms with E-state index in [1.54, 1.807) is 16.3 Å². The SMILES string of the molecule is O=C(c1ccc(F)cc1)[C@H]1Oc2ccc(Br)cc2[C@@H]2CC(c3cccs3)=NN12. The van der Waals surface area contributed by atoms with Gasteiger partial charge in [-0.2, -0.15) is 5.10 Å². The van der Waals surface area contributed by atoms with Gasteiger partial charge in [-0.15, -0.1) is 11.3 Å². The van der Waals surface area contributed by atoms with Crippen LogP contribution >= 0.6 is 27.3 Å². The van der Waals surface area contributed by atoms with Crippen molar-refractivity contribution in [2.24, 2.45) is 5.10 Å². The number of benzene rings is 2. The van der Waals surface area contributed by atoms with E-state index in [1.165, 1.54) is 24.3 Å². The fourth-order valence-corrected chi connectivity index (χ4v) is 4.68. The van der Waals surface area contributed by atoms with Crippen LogP contribution in [0.3, 0.4) is 0 Å². The second-order valence-corrected chi connectivity index (χ2v) is 8.51. The van der Waals surface area contributed by atoms with E-state index in [1.807, 2.05) is 35.7 Å². The van der Waals surface area contributed by atoms with Crippen LogP contribution in [0.15, 0.2) is 69.6 Å². The Morgan fingerprint density at radius 1 is 1.21 bits per heavy atom. The maximum Gasteiger partial charge on any atom is 0.251 e. The van der Waals surface area contributed by atoms with Crippen LogP contribution in [-0.4, -0.2) is 22.7 Å². The number of hydrogen-bond donors (Lipinski definition) is 0. The average Bonchev–Trinajstić information content (AvgIpc) is 3.37. The summed E-state index contributed by atoms with van der Waals surface area (Å²) in [7, 11) is 0. The van der Waals surface area contributed by atoms with Gasteiger partial charge < -0.3 is 4.74 Å². The number of rotatable bonds is 3. The average molecular weight is 457 g/mol. The Hall–Kier alpha value is -2.51. The molecule has 0 amide bonds. The molecular formula is C21H14BrFN2O2S. The number of hydrazone groups is 1. The van der Waals surface area contributed by atoms with E-state index in [4.69, 9.17) is 9.84 Å². The van der Waals surface area contributed by atoms with Crippen molar-refractivity contribution >= 4 is 38.8 Å². The molecule has 0 saturated heterocycles. The molecule has 2 aliphatic heterocycles. The lowest BCUT2D eigenvalue weighted by Gasteiger charge is -2.37. The molecule has 0 fully saturated rings. The monoisotopic (exact) mass is 456 g/mol. The Labute approximate surface area is 173 Å². The third-order valence-corrected chi connectivity index (χ3v) is 6.32. The molecule has 0 spiro atoms. The van der Waals surface area contributed by atoms with Crippen molar-refractivity contribution in [3.05, 3.63) is 86.3 Å². The molecule has 0 unspecified atom stereocenters. The topological polar surface area (TPSA) is 41.9 Å². The summed E-state index contributed by atoms with van der Waals surface area (Å²) in [5.41, 5.74) is 2.33. The third-order valence-electron chi connectivity index (χ3n) is 4.91. The first-order chi connectivity index (χ1) is 13.6. The van der Waals surface area contributed by atoms with Crippen molar-refractivity contribution in [3.8, 4) is 5.75 Å². The Morgan fingerprint density at radius 2 is 2.04 bits per heavy atom. The normalized spacial score (nSPS) is 20.2. The second kappa shape index (κ2) is 6.83. The first-order valence-electron chi connectivity index (χ1n) is 8.76. The van der Waals surface area contributed by atoms with Crippen molar-refractivity contribution in [3.63, 3.8) is 0 Å². The molecular weight excluding hydrogens is 443 g/mol. The van der Waals surface area contributed by atoms with Crippen LogP contribution in [0.25, 0.3) is 0 Å². The molecule has 28 heavy (non-hydrogen) atoms. The summed E-state index contributed by atoms with van der Waals surface area (Å²) in [5.74, 6) is 0.0515. The Kier molecular flexibility index (Phi) is 4.29. The summed E-state index contributed by atoms with van der Waals surface area (Å²) >= 11 is 5.14. The predicted octanol–water partition coefficient (Wildman–Crippen LogP) is 5.40. The molecule has 0 aliphatic carbocycles. The molecule has 2 atom stereocenters. The summed E-state index contributed by atoms with van der Waals surface area (Å²) in [5, 5.41) is 8.51. The van der Waals surface area contributed by atoms with Gasteiger partial charge in [-0.1, -0.05) is 22.0 Å². The molecule has 2 aliphatic rings. The van der Waals surface area contributed by atoms with Gasteiger partial charge in [0.05, 0.1) is 16.6 Å². The Morgan fingerprint density at radius 3 is 2.79 bits per heavy atom. The summed E-state index contributed by atoms with van der Waals surface area (Å²) in [6.45, 7) is 0. The third kappa shape index (κ3) is 2.95. The lowest BCUT2D eigenvalue weighted by molar-refractivity contribution is -0.00459. The molecule has 7 heteroatoms. The first kappa shape index (κ1) is 17.6. The zero-order valence-electron chi connectivity index (χ0n) is 14.5. The van der Waals surface area contributed by atoms with Crippen molar-refractivity contribution in [2.75, 3.05) is 0 Å². The highest BCUT2D eigenvalue weighted by molar-refractivity contribution is 9.10. The highest BCUT2D eigenvalue weighted by Crippen LogP contribution is 2.44. The minimum atomic E-state index is -0.887. The molecule has 5 rings (SSSR count). The number of hydrogen-bond acceptors (Lipinski definition) is 5. The molecule has 3 heterocycles. The molecule has 3 aromatic rings. The summed E-state index contributed by atoms with van der Waals surface area (Å²) in [6.07, 6.45) is -0.192. The zero-order chi connectivity index (χ0) is 19.3. The quantitative estimate of drug-likeness (QED) is 0.495. The van der Waals surface area contributed by atoms with Gasteiger partial charge in [0.1, 0.15) is 11.6 Å². The van der Waals surface area contributed by atoms with Gasteiger partial charge in [0.15, 0.2) is 0 Å². The largest absolute Gasteiger partial charge is 0.461 e. The van der Waals surface area contributed by atoms with E-state index in [9.17, 15) is 9.18 Å². The minimum Gasteiger partial charge on any atom is -0.461 e. The van der Waals surface area contributed by atoms with Crippen LogP contribution in [0, 0.1) is 5.82 Å². The molecule has 0 radical (unpaired) electrons. The number of fused-ring (bicyclic) bond motifs is 3. The van der Waals surface area contributed by atoms with Crippen molar-refractivity contribution in [1.29, 1.82) is 0 Å². The number of carbonyl (C=O) groups is 1. The molecule has 0 bridgehead atoms. The summed E-state index contributed by atoms with van der Waals surface area (Å²) in [4.78, 5) is 14.2. The van der Waals surface area contributed by atoms with Crippen molar-refractivity contribution in [1.82, 2.24) is 5.01 Å². The number of ether oxygens (including phenoxy) is 1. The zero-order valence-corrected chi connectivity index (χ0v) is 16.9. The Balaban J connectivity index is 1.57. The fraction of sp³-hybridized carbons (Fsp3) is 0.143. The van der Waals surface area contributed by atoms with Crippen LogP contribution in [0.1, 0.15) is 33.3 Å². The van der Waals surface area contributed by atoms with Gasteiger partial charge in [-0.05, 0) is 53.9 Å². The number of thiophene rings is 1. The number of halogens is 2. The van der Waals surface area contributed by atoms with E-state index in [2.05, 4.69) is 15.9 Å². The van der Waals surface area contributed by atoms with Crippen LogP contribution in [0.2, 0.25) is 0 Å².